The van der Waals surface area contributed by atoms with Crippen molar-refractivity contribution < 1.29 is 18.7 Å². The van der Waals surface area contributed by atoms with Crippen molar-refractivity contribution in [3.63, 3.8) is 0 Å². The molecule has 2 amide bonds. The van der Waals surface area contributed by atoms with Crippen molar-refractivity contribution in [3.05, 3.63) is 77.6 Å². The summed E-state index contributed by atoms with van der Waals surface area (Å²) in [5.41, 5.74) is 0.691. The fourth-order valence-corrected chi connectivity index (χ4v) is 2.66. The molecule has 0 radical (unpaired) electrons. The Morgan fingerprint density at radius 1 is 1.25 bits per heavy atom. The van der Waals surface area contributed by atoms with Crippen molar-refractivity contribution in [1.82, 2.24) is 10.2 Å². The normalized spacial score (nSPS) is 11.4. The number of rotatable bonds is 9. The molecular formula is C21H22ClFN2O3. The first kappa shape index (κ1) is 21.4. The summed E-state index contributed by atoms with van der Waals surface area (Å²) in [6, 6.07) is 11.8. The second-order valence-corrected chi connectivity index (χ2v) is 6.48. The zero-order chi connectivity index (χ0) is 20.5. The van der Waals surface area contributed by atoms with E-state index in [1.54, 1.807) is 49.4 Å². The van der Waals surface area contributed by atoms with Gasteiger partial charge in [0.1, 0.15) is 17.6 Å². The largest absolute Gasteiger partial charge is 0.482 e. The lowest BCUT2D eigenvalue weighted by Crippen LogP contribution is -2.49. The van der Waals surface area contributed by atoms with Crippen molar-refractivity contribution >= 4 is 23.4 Å². The molecule has 0 aliphatic carbocycles. The molecule has 0 aliphatic heterocycles. The van der Waals surface area contributed by atoms with E-state index in [9.17, 15) is 14.0 Å². The van der Waals surface area contributed by atoms with Gasteiger partial charge in [0.25, 0.3) is 5.91 Å². The number of para-hydroxylation sites is 1. The van der Waals surface area contributed by atoms with Crippen LogP contribution in [0, 0.1) is 5.82 Å². The molecule has 2 aromatic carbocycles. The van der Waals surface area contributed by atoms with Gasteiger partial charge in [0.15, 0.2) is 6.61 Å². The van der Waals surface area contributed by atoms with E-state index < -0.39 is 11.9 Å². The van der Waals surface area contributed by atoms with Gasteiger partial charge in [-0.1, -0.05) is 41.9 Å². The van der Waals surface area contributed by atoms with Gasteiger partial charge < -0.3 is 15.0 Å². The fraction of sp³-hybridized carbons (Fsp3) is 0.238. The number of hydrogen-bond donors (Lipinski definition) is 1. The molecule has 5 nitrogen and oxygen atoms in total. The Labute approximate surface area is 168 Å². The maximum Gasteiger partial charge on any atom is 0.261 e. The minimum absolute atomic E-state index is 0.133. The third-order valence-corrected chi connectivity index (χ3v) is 4.35. The lowest BCUT2D eigenvalue weighted by molar-refractivity contribution is -0.142. The Bertz CT molecular complexity index is 827. The van der Waals surface area contributed by atoms with Gasteiger partial charge in [0.05, 0.1) is 5.02 Å². The molecule has 0 spiro atoms. The Morgan fingerprint density at radius 2 is 1.93 bits per heavy atom. The summed E-state index contributed by atoms with van der Waals surface area (Å²) in [6.07, 6.45) is 1.55. The van der Waals surface area contributed by atoms with E-state index in [4.69, 9.17) is 16.3 Å². The molecule has 0 saturated heterocycles. The highest BCUT2D eigenvalue weighted by Crippen LogP contribution is 2.23. The Hall–Kier alpha value is -2.86. The Kier molecular flexibility index (Phi) is 8.02. The number of nitrogens with zero attached hydrogens (tertiary/aromatic N) is 1. The number of amides is 2. The predicted molar refractivity (Wildman–Crippen MR) is 107 cm³/mol. The molecule has 0 unspecified atom stereocenters. The summed E-state index contributed by atoms with van der Waals surface area (Å²) >= 11 is 6.04. The third-order valence-electron chi connectivity index (χ3n) is 4.04. The van der Waals surface area contributed by atoms with Crippen LogP contribution in [0.1, 0.15) is 12.5 Å². The molecule has 28 heavy (non-hydrogen) atoms. The van der Waals surface area contributed by atoms with E-state index in [0.717, 1.165) is 0 Å². The summed E-state index contributed by atoms with van der Waals surface area (Å²) in [5.74, 6) is -0.720. The van der Waals surface area contributed by atoms with Crippen LogP contribution >= 0.6 is 11.6 Å². The van der Waals surface area contributed by atoms with Crippen molar-refractivity contribution in [2.45, 2.75) is 19.5 Å². The standard InChI is InChI=1S/C21H22ClFN2O3/c1-3-12-24-21(27)15(2)25(13-16-8-10-17(23)11-9-16)20(26)14-28-19-7-5-4-6-18(19)22/h3-11,15H,1,12-14H2,2H3,(H,24,27)/t15-/m0/s1. The van der Waals surface area contributed by atoms with Gasteiger partial charge >= 0.3 is 0 Å². The van der Waals surface area contributed by atoms with Crippen LogP contribution in [0.3, 0.4) is 0 Å². The molecule has 0 fully saturated rings. The monoisotopic (exact) mass is 404 g/mol. The molecular weight excluding hydrogens is 383 g/mol. The number of ether oxygens (including phenoxy) is 1. The molecule has 2 rings (SSSR count). The summed E-state index contributed by atoms with van der Waals surface area (Å²) in [4.78, 5) is 26.5. The summed E-state index contributed by atoms with van der Waals surface area (Å²) in [5, 5.41) is 3.06. The predicted octanol–water partition coefficient (Wildman–Crippen LogP) is 3.58. The van der Waals surface area contributed by atoms with Crippen LogP contribution < -0.4 is 10.1 Å². The highest BCUT2D eigenvalue weighted by atomic mass is 35.5. The summed E-state index contributed by atoms with van der Waals surface area (Å²) < 4.78 is 18.7. The molecule has 1 N–H and O–H groups in total. The second kappa shape index (κ2) is 10.5. The lowest BCUT2D eigenvalue weighted by Gasteiger charge is -2.28. The number of halogens is 2. The quantitative estimate of drug-likeness (QED) is 0.650. The molecule has 0 aliphatic rings. The zero-order valence-corrected chi connectivity index (χ0v) is 16.3. The topological polar surface area (TPSA) is 58.6 Å². The van der Waals surface area contributed by atoms with Crippen LogP contribution in [-0.2, 0) is 16.1 Å². The number of benzene rings is 2. The molecule has 7 heteroatoms. The summed E-state index contributed by atoms with van der Waals surface area (Å²) in [7, 11) is 0. The molecule has 2 aromatic rings. The highest BCUT2D eigenvalue weighted by Gasteiger charge is 2.26. The molecule has 0 bridgehead atoms. The van der Waals surface area contributed by atoms with Crippen molar-refractivity contribution in [1.29, 1.82) is 0 Å². The molecule has 148 valence electrons. The van der Waals surface area contributed by atoms with Gasteiger partial charge in [0.2, 0.25) is 5.91 Å². The Morgan fingerprint density at radius 3 is 2.57 bits per heavy atom. The molecule has 0 aromatic heterocycles. The summed E-state index contributed by atoms with van der Waals surface area (Å²) in [6.45, 7) is 5.31. The van der Waals surface area contributed by atoms with Crippen LogP contribution in [-0.4, -0.2) is 35.9 Å². The zero-order valence-electron chi connectivity index (χ0n) is 15.5. The number of carbonyl (C=O) groups excluding carboxylic acids is 2. The highest BCUT2D eigenvalue weighted by molar-refractivity contribution is 6.32. The second-order valence-electron chi connectivity index (χ2n) is 6.08. The number of carbonyl (C=O) groups is 2. The van der Waals surface area contributed by atoms with Crippen LogP contribution in [0.15, 0.2) is 61.2 Å². The van der Waals surface area contributed by atoms with E-state index >= 15 is 0 Å². The van der Waals surface area contributed by atoms with Crippen molar-refractivity contribution in [2.24, 2.45) is 0 Å². The van der Waals surface area contributed by atoms with Crippen LogP contribution in [0.25, 0.3) is 0 Å². The molecule has 0 heterocycles. The van der Waals surface area contributed by atoms with Gasteiger partial charge in [-0.05, 0) is 36.8 Å². The van der Waals surface area contributed by atoms with Gasteiger partial charge in [0, 0.05) is 13.1 Å². The minimum atomic E-state index is -0.757. The average molecular weight is 405 g/mol. The first-order chi connectivity index (χ1) is 13.4. The number of nitrogens with one attached hydrogen (secondary N) is 1. The van der Waals surface area contributed by atoms with Crippen LogP contribution in [0.2, 0.25) is 5.02 Å². The van der Waals surface area contributed by atoms with Gasteiger partial charge in [-0.25, -0.2) is 4.39 Å². The minimum Gasteiger partial charge on any atom is -0.482 e. The molecule has 0 saturated carbocycles. The maximum atomic E-state index is 13.2. The maximum absolute atomic E-state index is 13.2. The van der Waals surface area contributed by atoms with E-state index in [0.29, 0.717) is 16.3 Å². The number of hydrogen-bond acceptors (Lipinski definition) is 3. The van der Waals surface area contributed by atoms with Crippen molar-refractivity contribution in [2.75, 3.05) is 13.2 Å². The van der Waals surface area contributed by atoms with E-state index in [-0.39, 0.29) is 31.4 Å². The lowest BCUT2D eigenvalue weighted by atomic mass is 10.1. The Balaban J connectivity index is 2.14. The SMILES string of the molecule is C=CCNC(=O)[C@H](C)N(Cc1ccc(F)cc1)C(=O)COc1ccccc1Cl. The van der Waals surface area contributed by atoms with Gasteiger partial charge in [-0.2, -0.15) is 0 Å². The van der Waals surface area contributed by atoms with Crippen LogP contribution in [0.4, 0.5) is 4.39 Å². The fourth-order valence-electron chi connectivity index (χ4n) is 2.47. The first-order valence-corrected chi connectivity index (χ1v) is 9.10. The van der Waals surface area contributed by atoms with E-state index in [1.165, 1.54) is 17.0 Å². The average Bonchev–Trinajstić information content (AvgIpc) is 2.70. The van der Waals surface area contributed by atoms with Crippen LogP contribution in [0.5, 0.6) is 5.75 Å². The smallest absolute Gasteiger partial charge is 0.261 e. The van der Waals surface area contributed by atoms with Gasteiger partial charge in [-0.15, -0.1) is 6.58 Å². The third kappa shape index (κ3) is 6.09. The van der Waals surface area contributed by atoms with E-state index in [2.05, 4.69) is 11.9 Å². The van der Waals surface area contributed by atoms with E-state index in [1.807, 2.05) is 0 Å². The molecule has 1 atom stereocenters. The van der Waals surface area contributed by atoms with Gasteiger partial charge in [-0.3, -0.25) is 9.59 Å². The van der Waals surface area contributed by atoms with Crippen molar-refractivity contribution in [3.8, 4) is 5.75 Å². The first-order valence-electron chi connectivity index (χ1n) is 8.72.